The van der Waals surface area contributed by atoms with Crippen LogP contribution < -0.4 is 10.6 Å². The van der Waals surface area contributed by atoms with Crippen molar-refractivity contribution < 1.29 is 14.4 Å². The van der Waals surface area contributed by atoms with Gasteiger partial charge in [0.2, 0.25) is 11.8 Å². The van der Waals surface area contributed by atoms with Crippen molar-refractivity contribution in [3.05, 3.63) is 29.8 Å². The highest BCUT2D eigenvalue weighted by molar-refractivity contribution is 6.05. The molecule has 0 radical (unpaired) electrons. The van der Waals surface area contributed by atoms with Crippen LogP contribution >= 0.6 is 0 Å². The van der Waals surface area contributed by atoms with E-state index in [0.29, 0.717) is 11.3 Å². The Morgan fingerprint density at radius 1 is 1.50 bits per heavy atom. The van der Waals surface area contributed by atoms with E-state index in [0.717, 1.165) is 4.90 Å². The van der Waals surface area contributed by atoms with Crippen LogP contribution in [0.2, 0.25) is 0 Å². The zero-order valence-corrected chi connectivity index (χ0v) is 10.7. The topological polar surface area (TPSA) is 102 Å². The first-order chi connectivity index (χ1) is 9.51. The number of hydrogen-bond acceptors (Lipinski definition) is 4. The molecule has 1 unspecified atom stereocenters. The van der Waals surface area contributed by atoms with E-state index in [1.165, 1.54) is 13.0 Å². The van der Waals surface area contributed by atoms with Gasteiger partial charge in [-0.25, -0.2) is 4.79 Å². The van der Waals surface area contributed by atoms with Crippen molar-refractivity contribution in [1.82, 2.24) is 10.2 Å². The summed E-state index contributed by atoms with van der Waals surface area (Å²) in [6, 6.07) is 7.04. The minimum Gasteiger partial charge on any atom is -0.308 e. The first-order valence-electron chi connectivity index (χ1n) is 5.92. The Kier molecular flexibility index (Phi) is 3.66. The second-order valence-electron chi connectivity index (χ2n) is 4.34. The van der Waals surface area contributed by atoms with Crippen molar-refractivity contribution in [1.29, 1.82) is 5.26 Å². The summed E-state index contributed by atoms with van der Waals surface area (Å²) >= 11 is 0. The number of nitrogens with one attached hydrogen (secondary N) is 2. The molecule has 102 valence electrons. The maximum absolute atomic E-state index is 12.1. The zero-order valence-electron chi connectivity index (χ0n) is 10.7. The van der Waals surface area contributed by atoms with Crippen LogP contribution in [0, 0.1) is 11.3 Å². The van der Waals surface area contributed by atoms with E-state index in [1.807, 2.05) is 6.07 Å². The first-order valence-corrected chi connectivity index (χ1v) is 5.92. The summed E-state index contributed by atoms with van der Waals surface area (Å²) in [4.78, 5) is 36.0. The molecule has 1 aromatic carbocycles. The molecule has 0 aromatic heterocycles. The summed E-state index contributed by atoms with van der Waals surface area (Å²) in [6.07, 6.45) is 0. The summed E-state index contributed by atoms with van der Waals surface area (Å²) in [5.74, 6) is -1.03. The fraction of sp³-hybridized carbons (Fsp3) is 0.231. The summed E-state index contributed by atoms with van der Waals surface area (Å²) < 4.78 is 0. The van der Waals surface area contributed by atoms with Crippen LogP contribution in [0.1, 0.15) is 12.5 Å². The number of benzene rings is 1. The monoisotopic (exact) mass is 272 g/mol. The summed E-state index contributed by atoms with van der Waals surface area (Å²) in [7, 11) is 0. The maximum Gasteiger partial charge on any atom is 0.322 e. The van der Waals surface area contributed by atoms with Crippen LogP contribution in [-0.2, 0) is 9.59 Å². The van der Waals surface area contributed by atoms with Crippen molar-refractivity contribution in [3.8, 4) is 6.07 Å². The molecule has 1 atom stereocenters. The van der Waals surface area contributed by atoms with Gasteiger partial charge in [-0.15, -0.1) is 0 Å². The Morgan fingerprint density at radius 2 is 2.25 bits per heavy atom. The number of amides is 4. The van der Waals surface area contributed by atoms with E-state index in [9.17, 15) is 14.4 Å². The lowest BCUT2D eigenvalue weighted by Gasteiger charge is -2.31. The zero-order chi connectivity index (χ0) is 14.7. The van der Waals surface area contributed by atoms with Gasteiger partial charge in [-0.2, -0.15) is 5.26 Å². The Morgan fingerprint density at radius 3 is 2.95 bits per heavy atom. The smallest absolute Gasteiger partial charge is 0.308 e. The third-order valence-electron chi connectivity index (χ3n) is 2.93. The second kappa shape index (κ2) is 5.40. The molecule has 20 heavy (non-hydrogen) atoms. The lowest BCUT2D eigenvalue weighted by molar-refractivity contribution is -0.137. The van der Waals surface area contributed by atoms with E-state index in [2.05, 4.69) is 10.6 Å². The average molecular weight is 272 g/mol. The van der Waals surface area contributed by atoms with Crippen LogP contribution in [0.3, 0.4) is 0 Å². The molecule has 7 heteroatoms. The highest BCUT2D eigenvalue weighted by Gasteiger charge is 2.33. The van der Waals surface area contributed by atoms with Crippen molar-refractivity contribution in [2.24, 2.45) is 0 Å². The molecular weight excluding hydrogens is 260 g/mol. The van der Waals surface area contributed by atoms with Gasteiger partial charge in [0.1, 0.15) is 12.6 Å². The van der Waals surface area contributed by atoms with Gasteiger partial charge in [0.15, 0.2) is 0 Å². The first kappa shape index (κ1) is 13.5. The standard InChI is InChI=1S/C13H12N4O3/c1-8-12(19)16-11(18)7-17(8)13(20)15-10-4-2-3-9(5-10)6-14/h2-5,8H,7H2,1H3,(H,15,20)(H,16,18,19). The fourth-order valence-corrected chi connectivity index (χ4v) is 1.82. The van der Waals surface area contributed by atoms with Gasteiger partial charge in [-0.3, -0.25) is 14.9 Å². The number of imide groups is 1. The summed E-state index contributed by atoms with van der Waals surface area (Å²) in [6.45, 7) is 1.35. The second-order valence-corrected chi connectivity index (χ2v) is 4.34. The van der Waals surface area contributed by atoms with Crippen molar-refractivity contribution >= 4 is 23.5 Å². The minimum atomic E-state index is -0.730. The highest BCUT2D eigenvalue weighted by atomic mass is 16.2. The molecule has 1 saturated heterocycles. The van der Waals surface area contributed by atoms with Crippen LogP contribution in [0.4, 0.5) is 10.5 Å². The average Bonchev–Trinajstić information content (AvgIpc) is 2.43. The van der Waals surface area contributed by atoms with Crippen molar-refractivity contribution in [2.75, 3.05) is 11.9 Å². The molecule has 2 rings (SSSR count). The van der Waals surface area contributed by atoms with E-state index < -0.39 is 23.9 Å². The van der Waals surface area contributed by atoms with Crippen LogP contribution in [0.15, 0.2) is 24.3 Å². The summed E-state index contributed by atoms with van der Waals surface area (Å²) in [5.41, 5.74) is 0.836. The minimum absolute atomic E-state index is 0.184. The molecule has 0 spiro atoms. The lowest BCUT2D eigenvalue weighted by atomic mass is 10.2. The third kappa shape index (κ3) is 2.75. The summed E-state index contributed by atoms with van der Waals surface area (Å²) in [5, 5.41) is 13.5. The number of anilines is 1. The third-order valence-corrected chi connectivity index (χ3v) is 2.93. The largest absolute Gasteiger partial charge is 0.322 e. The molecule has 1 aliphatic heterocycles. The molecule has 1 fully saturated rings. The molecule has 2 N–H and O–H groups in total. The molecule has 4 amide bonds. The molecule has 0 bridgehead atoms. The number of nitrogens with zero attached hydrogens (tertiary/aromatic N) is 2. The predicted octanol–water partition coefficient (Wildman–Crippen LogP) is 0.437. The molecule has 1 aliphatic rings. The molecule has 1 aromatic rings. The van der Waals surface area contributed by atoms with Crippen LogP contribution in [0.5, 0.6) is 0 Å². The Balaban J connectivity index is 2.13. The van der Waals surface area contributed by atoms with E-state index in [1.54, 1.807) is 18.2 Å². The molecule has 0 saturated carbocycles. The Hall–Kier alpha value is -2.88. The highest BCUT2D eigenvalue weighted by Crippen LogP contribution is 2.13. The normalized spacial score (nSPS) is 18.2. The van der Waals surface area contributed by atoms with Gasteiger partial charge >= 0.3 is 6.03 Å². The number of urea groups is 1. The number of carbonyl (C=O) groups excluding carboxylic acids is 3. The van der Waals surface area contributed by atoms with E-state index in [4.69, 9.17) is 5.26 Å². The van der Waals surface area contributed by atoms with Gasteiger partial charge in [-0.1, -0.05) is 6.07 Å². The number of carbonyl (C=O) groups is 3. The number of nitriles is 1. The van der Waals surface area contributed by atoms with Gasteiger partial charge < -0.3 is 10.2 Å². The van der Waals surface area contributed by atoms with Gasteiger partial charge in [0.25, 0.3) is 0 Å². The van der Waals surface area contributed by atoms with E-state index >= 15 is 0 Å². The van der Waals surface area contributed by atoms with Crippen molar-refractivity contribution in [2.45, 2.75) is 13.0 Å². The quantitative estimate of drug-likeness (QED) is 0.724. The van der Waals surface area contributed by atoms with Gasteiger partial charge in [0, 0.05) is 5.69 Å². The molecule has 7 nitrogen and oxygen atoms in total. The number of piperazine rings is 1. The van der Waals surface area contributed by atoms with Gasteiger partial charge in [0.05, 0.1) is 11.6 Å². The fourth-order valence-electron chi connectivity index (χ4n) is 1.82. The van der Waals surface area contributed by atoms with Gasteiger partial charge in [-0.05, 0) is 25.1 Å². The SMILES string of the molecule is CC1C(=O)NC(=O)CN1C(=O)Nc1cccc(C#N)c1. The number of hydrogen-bond donors (Lipinski definition) is 2. The lowest BCUT2D eigenvalue weighted by Crippen LogP contribution is -2.59. The molecular formula is C13H12N4O3. The van der Waals surface area contributed by atoms with Crippen molar-refractivity contribution in [3.63, 3.8) is 0 Å². The number of rotatable bonds is 1. The Labute approximate surface area is 115 Å². The van der Waals surface area contributed by atoms with Crippen LogP contribution in [-0.4, -0.2) is 35.3 Å². The molecule has 0 aliphatic carbocycles. The van der Waals surface area contributed by atoms with Crippen LogP contribution in [0.25, 0.3) is 0 Å². The molecule has 1 heterocycles. The van der Waals surface area contributed by atoms with E-state index in [-0.39, 0.29) is 6.54 Å². The maximum atomic E-state index is 12.1. The Bertz CT molecular complexity index is 620. The predicted molar refractivity (Wildman–Crippen MR) is 69.5 cm³/mol.